The van der Waals surface area contributed by atoms with Crippen LogP contribution in [0.4, 0.5) is 13.2 Å². The molecule has 0 saturated carbocycles. The molecule has 0 amide bonds. The molecule has 0 spiro atoms. The summed E-state index contributed by atoms with van der Waals surface area (Å²) in [7, 11) is -5.53. The lowest BCUT2D eigenvalue weighted by Crippen LogP contribution is -3.59. The highest BCUT2D eigenvalue weighted by Crippen LogP contribution is 2.24. The summed E-state index contributed by atoms with van der Waals surface area (Å²) in [5.74, 6) is 0. The van der Waals surface area contributed by atoms with Crippen molar-refractivity contribution in [3.63, 3.8) is 0 Å². The molecule has 1 aromatic rings. The summed E-state index contributed by atoms with van der Waals surface area (Å²) >= 11 is -0.724. The summed E-state index contributed by atoms with van der Waals surface area (Å²) in [6, 6.07) is 7.36. The van der Waals surface area contributed by atoms with E-state index in [-0.39, 0.29) is 0 Å². The maximum atomic E-state index is 11.9. The van der Waals surface area contributed by atoms with E-state index in [0.29, 0.717) is 6.26 Å². The van der Waals surface area contributed by atoms with E-state index in [2.05, 4.69) is 4.18 Å². The van der Waals surface area contributed by atoms with Gasteiger partial charge in [-0.3, -0.25) is 0 Å². The van der Waals surface area contributed by atoms with Gasteiger partial charge in [0, 0.05) is 5.56 Å². The van der Waals surface area contributed by atoms with Crippen LogP contribution in [0.15, 0.2) is 34.6 Å². The van der Waals surface area contributed by atoms with Gasteiger partial charge < -0.3 is 4.18 Å². The molecule has 0 aliphatic carbocycles. The van der Waals surface area contributed by atoms with Gasteiger partial charge in [-0.15, -0.1) is 0 Å². The van der Waals surface area contributed by atoms with Gasteiger partial charge in [0.05, 0.1) is 0 Å². The van der Waals surface area contributed by atoms with Crippen LogP contribution in [0.5, 0.6) is 0 Å². The zero-order chi connectivity index (χ0) is 13.8. The first kappa shape index (κ1) is 15.3. The zero-order valence-corrected chi connectivity index (χ0v) is 12.1. The summed E-state index contributed by atoms with van der Waals surface area (Å²) in [4.78, 5) is 0. The number of halogens is 4. The fraction of sp³-hybridized carbons (Fsp3) is 0.200. The van der Waals surface area contributed by atoms with Crippen LogP contribution in [0.25, 0.3) is 0 Å². The van der Waals surface area contributed by atoms with Crippen LogP contribution in [0.1, 0.15) is 5.56 Å². The van der Waals surface area contributed by atoms with Gasteiger partial charge in [0.15, 0.2) is 13.9 Å². The lowest BCUT2D eigenvalue weighted by atomic mass is 10.2. The third-order valence-electron chi connectivity index (χ3n) is 1.77. The van der Waals surface area contributed by atoms with Crippen LogP contribution < -0.4 is 21.2 Å². The quantitative estimate of drug-likeness (QED) is 0.303. The standard InChI is InChI=1S/C10H9F3IO3S/c1-8-4-2-3-5-9(8)14-6-7-17-18(15,16)10(11,12)13/h2-7H,1H3/q+1/b7-6+. The maximum absolute atomic E-state index is 11.9. The second-order valence-electron chi connectivity index (χ2n) is 3.12. The van der Waals surface area contributed by atoms with Crippen LogP contribution >= 0.6 is 0 Å². The lowest BCUT2D eigenvalue weighted by Gasteiger charge is -2.04. The summed E-state index contributed by atoms with van der Waals surface area (Å²) in [6.45, 7) is 1.87. The van der Waals surface area contributed by atoms with Gasteiger partial charge >= 0.3 is 36.8 Å². The fourth-order valence-corrected chi connectivity index (χ4v) is 3.19. The smallest absolute Gasteiger partial charge is 0.380 e. The topological polar surface area (TPSA) is 43.4 Å². The minimum absolute atomic E-state index is 0.586. The van der Waals surface area contributed by atoms with Crippen molar-refractivity contribution < 1.29 is 47.0 Å². The highest BCUT2D eigenvalue weighted by Gasteiger charge is 2.48. The molecule has 0 fully saturated rings. The predicted octanol–water partition coefficient (Wildman–Crippen LogP) is -0.409. The predicted molar refractivity (Wildman–Crippen MR) is 55.1 cm³/mol. The van der Waals surface area contributed by atoms with Gasteiger partial charge in [-0.25, -0.2) is 0 Å². The average molecular weight is 393 g/mol. The van der Waals surface area contributed by atoms with Gasteiger partial charge in [0.2, 0.25) is 0 Å². The molecule has 8 heteroatoms. The van der Waals surface area contributed by atoms with Crippen molar-refractivity contribution >= 4 is 10.1 Å². The lowest BCUT2D eigenvalue weighted by molar-refractivity contribution is -0.558. The molecule has 0 aliphatic rings. The molecule has 0 bridgehead atoms. The number of rotatable bonds is 4. The fourth-order valence-electron chi connectivity index (χ4n) is 0.916. The maximum Gasteiger partial charge on any atom is 0.534 e. The van der Waals surface area contributed by atoms with Crippen LogP contribution in [-0.4, -0.2) is 13.9 Å². The average Bonchev–Trinajstić information content (AvgIpc) is 2.25. The van der Waals surface area contributed by atoms with Crippen LogP contribution in [-0.2, 0) is 14.3 Å². The molecule has 3 nitrogen and oxygen atoms in total. The van der Waals surface area contributed by atoms with Gasteiger partial charge in [0.25, 0.3) is 0 Å². The Morgan fingerprint density at radius 1 is 1.28 bits per heavy atom. The van der Waals surface area contributed by atoms with E-state index >= 15 is 0 Å². The van der Waals surface area contributed by atoms with E-state index in [0.717, 1.165) is 9.13 Å². The minimum atomic E-state index is -5.53. The second-order valence-corrected chi connectivity index (χ2v) is 7.18. The molecule has 1 aromatic carbocycles. The van der Waals surface area contributed by atoms with Gasteiger partial charge in [0.1, 0.15) is 0 Å². The Hall–Kier alpha value is -0.770. The molecule has 0 N–H and O–H groups in total. The molecule has 18 heavy (non-hydrogen) atoms. The molecule has 100 valence electrons. The highest BCUT2D eigenvalue weighted by atomic mass is 127. The third kappa shape index (κ3) is 4.16. The van der Waals surface area contributed by atoms with Crippen molar-refractivity contribution in [2.24, 2.45) is 0 Å². The molecule has 1 rings (SSSR count). The van der Waals surface area contributed by atoms with Crippen molar-refractivity contribution in [1.82, 2.24) is 0 Å². The Balaban J connectivity index is 2.61. The number of aryl methyl sites for hydroxylation is 1. The van der Waals surface area contributed by atoms with Gasteiger partial charge in [-0.05, 0) is 13.0 Å². The molecule has 0 saturated heterocycles. The van der Waals surface area contributed by atoms with E-state index in [1.165, 1.54) is 4.08 Å². The highest BCUT2D eigenvalue weighted by molar-refractivity contribution is 7.87. The first-order valence-corrected chi connectivity index (χ1v) is 8.31. The van der Waals surface area contributed by atoms with Crippen LogP contribution in [0.3, 0.4) is 0 Å². The molecular weight excluding hydrogens is 384 g/mol. The van der Waals surface area contributed by atoms with Crippen LogP contribution in [0.2, 0.25) is 0 Å². The molecule has 0 radical (unpaired) electrons. The normalized spacial score (nSPS) is 12.9. The molecular formula is C10H9F3IO3S+. The molecule has 0 heterocycles. The Kier molecular flexibility index (Phi) is 5.02. The zero-order valence-electron chi connectivity index (χ0n) is 9.11. The van der Waals surface area contributed by atoms with E-state index in [1.807, 2.05) is 31.2 Å². The van der Waals surface area contributed by atoms with Gasteiger partial charge in [-0.2, -0.15) is 21.6 Å². The molecule has 0 atom stereocenters. The van der Waals surface area contributed by atoms with Crippen molar-refractivity contribution in [2.75, 3.05) is 0 Å². The summed E-state index contributed by atoms with van der Waals surface area (Å²) in [5, 5.41) is 0. The molecule has 0 aliphatic heterocycles. The van der Waals surface area contributed by atoms with Crippen molar-refractivity contribution in [2.45, 2.75) is 12.4 Å². The Bertz CT molecular complexity index is 538. The minimum Gasteiger partial charge on any atom is -0.380 e. The molecule has 0 unspecified atom stereocenters. The molecule has 0 aromatic heterocycles. The Labute approximate surface area is 113 Å². The Morgan fingerprint density at radius 3 is 2.44 bits per heavy atom. The largest absolute Gasteiger partial charge is 0.534 e. The first-order chi connectivity index (χ1) is 8.24. The van der Waals surface area contributed by atoms with Crippen molar-refractivity contribution in [1.29, 1.82) is 0 Å². The first-order valence-electron chi connectivity index (χ1n) is 4.57. The van der Waals surface area contributed by atoms with E-state index in [1.54, 1.807) is 0 Å². The van der Waals surface area contributed by atoms with E-state index < -0.39 is 36.8 Å². The van der Waals surface area contributed by atoms with Crippen molar-refractivity contribution in [3.8, 4) is 0 Å². The van der Waals surface area contributed by atoms with Crippen molar-refractivity contribution in [3.05, 3.63) is 43.7 Å². The van der Waals surface area contributed by atoms with E-state index in [9.17, 15) is 21.6 Å². The van der Waals surface area contributed by atoms with Crippen LogP contribution in [0, 0.1) is 10.5 Å². The summed E-state index contributed by atoms with van der Waals surface area (Å²) in [6.07, 6.45) is 0.586. The number of benzene rings is 1. The number of alkyl halides is 3. The summed E-state index contributed by atoms with van der Waals surface area (Å²) in [5.41, 5.74) is -4.38. The monoisotopic (exact) mass is 393 g/mol. The Morgan fingerprint density at radius 2 is 1.89 bits per heavy atom. The third-order valence-corrected chi connectivity index (χ3v) is 5.24. The van der Waals surface area contributed by atoms with E-state index in [4.69, 9.17) is 0 Å². The number of hydrogen-bond donors (Lipinski definition) is 0. The summed E-state index contributed by atoms with van der Waals surface area (Å²) < 4.78 is 62.9. The van der Waals surface area contributed by atoms with Gasteiger partial charge in [-0.1, -0.05) is 18.2 Å². The number of hydrogen-bond acceptors (Lipinski definition) is 3. The second kappa shape index (κ2) is 5.91. The SMILES string of the molecule is Cc1ccccc1[I+]/C=C/OS(=O)(=O)C(F)(F)F.